The van der Waals surface area contributed by atoms with Gasteiger partial charge in [-0.1, -0.05) is 36.4 Å². The average molecular weight is 284 g/mol. The summed E-state index contributed by atoms with van der Waals surface area (Å²) in [7, 11) is 0. The van der Waals surface area contributed by atoms with Crippen LogP contribution in [0.1, 0.15) is 31.2 Å². The third-order valence-corrected chi connectivity index (χ3v) is 4.53. The topological polar surface area (TPSA) is 43.4 Å². The molecule has 1 heterocycles. The highest BCUT2D eigenvalue weighted by Gasteiger charge is 2.43. The number of allylic oxidation sites excluding steroid dienone is 2. The molecule has 0 N–H and O–H groups in total. The van der Waals surface area contributed by atoms with E-state index >= 15 is 0 Å². The molecule has 0 bridgehead atoms. The van der Waals surface area contributed by atoms with Crippen molar-refractivity contribution >= 4 is 11.8 Å². The first-order valence-electron chi connectivity index (χ1n) is 7.67. The van der Waals surface area contributed by atoms with Crippen LogP contribution in [0.3, 0.4) is 0 Å². The summed E-state index contributed by atoms with van der Waals surface area (Å²) in [5.74, 6) is 0.684. The molecule has 1 aromatic rings. The van der Waals surface area contributed by atoms with Crippen molar-refractivity contribution in [3.63, 3.8) is 0 Å². The molecule has 21 heavy (non-hydrogen) atoms. The van der Waals surface area contributed by atoms with Gasteiger partial charge in [0.15, 0.2) is 5.78 Å². The van der Waals surface area contributed by atoms with Crippen molar-refractivity contribution in [3.8, 4) is 0 Å². The number of esters is 1. The SMILES string of the molecule is O=C(C=C[C@H]1CC[C@@H]2OC(=O)C[C@@H]21)CCc1ccccc1. The highest BCUT2D eigenvalue weighted by atomic mass is 16.5. The zero-order valence-corrected chi connectivity index (χ0v) is 12.0. The first kappa shape index (κ1) is 14.1. The molecule has 2 aliphatic rings. The molecule has 1 aliphatic carbocycles. The maximum atomic E-state index is 11.9. The molecule has 2 fully saturated rings. The zero-order chi connectivity index (χ0) is 14.7. The summed E-state index contributed by atoms with van der Waals surface area (Å²) >= 11 is 0. The minimum Gasteiger partial charge on any atom is -0.462 e. The lowest BCUT2D eigenvalue weighted by Crippen LogP contribution is -2.12. The lowest BCUT2D eigenvalue weighted by molar-refractivity contribution is -0.141. The second-order valence-corrected chi connectivity index (χ2v) is 5.95. The quantitative estimate of drug-likeness (QED) is 0.616. The van der Waals surface area contributed by atoms with Crippen LogP contribution < -0.4 is 0 Å². The largest absolute Gasteiger partial charge is 0.462 e. The van der Waals surface area contributed by atoms with Crippen molar-refractivity contribution < 1.29 is 14.3 Å². The van der Waals surface area contributed by atoms with Gasteiger partial charge in [-0.15, -0.1) is 0 Å². The van der Waals surface area contributed by atoms with Gasteiger partial charge in [-0.25, -0.2) is 0 Å². The normalized spacial score (nSPS) is 27.8. The molecule has 0 amide bonds. The zero-order valence-electron chi connectivity index (χ0n) is 12.0. The van der Waals surface area contributed by atoms with Crippen molar-refractivity contribution in [2.45, 2.75) is 38.2 Å². The summed E-state index contributed by atoms with van der Waals surface area (Å²) in [6, 6.07) is 10.0. The van der Waals surface area contributed by atoms with Crippen molar-refractivity contribution in [2.24, 2.45) is 11.8 Å². The van der Waals surface area contributed by atoms with E-state index in [0.29, 0.717) is 18.8 Å². The Morgan fingerprint density at radius 3 is 2.86 bits per heavy atom. The molecular formula is C18H20O3. The second kappa shape index (κ2) is 6.25. The summed E-state index contributed by atoms with van der Waals surface area (Å²) in [4.78, 5) is 23.2. The third kappa shape index (κ3) is 3.41. The molecule has 0 radical (unpaired) electrons. The number of ether oxygens (including phenoxy) is 1. The standard InChI is InChI=1S/C18H20O3/c19-15(9-6-13-4-2-1-3-5-13)10-7-14-8-11-17-16(14)12-18(20)21-17/h1-5,7,10,14,16-17H,6,8-9,11-12H2/t14-,16+,17-/m0/s1. The van der Waals surface area contributed by atoms with Crippen LogP contribution in [0.2, 0.25) is 0 Å². The summed E-state index contributed by atoms with van der Waals surface area (Å²) in [5.41, 5.74) is 1.19. The predicted molar refractivity (Wildman–Crippen MR) is 79.6 cm³/mol. The Bertz CT molecular complexity index is 547. The maximum absolute atomic E-state index is 11.9. The number of aryl methyl sites for hydroxylation is 1. The summed E-state index contributed by atoms with van der Waals surface area (Å²) in [6.07, 6.45) is 7.58. The van der Waals surface area contributed by atoms with Crippen molar-refractivity contribution in [3.05, 3.63) is 48.0 Å². The molecule has 0 aromatic heterocycles. The minimum absolute atomic E-state index is 0.0847. The van der Waals surface area contributed by atoms with Gasteiger partial charge in [0.1, 0.15) is 6.10 Å². The van der Waals surface area contributed by atoms with Gasteiger partial charge in [0.2, 0.25) is 0 Å². The van der Waals surface area contributed by atoms with E-state index in [-0.39, 0.29) is 23.8 Å². The maximum Gasteiger partial charge on any atom is 0.306 e. The van der Waals surface area contributed by atoms with Crippen molar-refractivity contribution in [1.82, 2.24) is 0 Å². The number of ketones is 1. The van der Waals surface area contributed by atoms with Gasteiger partial charge in [0.05, 0.1) is 6.42 Å². The van der Waals surface area contributed by atoms with E-state index in [0.717, 1.165) is 19.3 Å². The molecule has 3 atom stereocenters. The fraction of sp³-hybridized carbons (Fsp3) is 0.444. The fourth-order valence-electron chi connectivity index (χ4n) is 3.36. The van der Waals surface area contributed by atoms with Crippen LogP contribution in [-0.4, -0.2) is 17.9 Å². The van der Waals surface area contributed by atoms with E-state index in [2.05, 4.69) is 0 Å². The fourth-order valence-corrected chi connectivity index (χ4v) is 3.36. The van der Waals surface area contributed by atoms with Gasteiger partial charge in [-0.05, 0) is 36.8 Å². The molecule has 3 nitrogen and oxygen atoms in total. The Hall–Kier alpha value is -1.90. The van der Waals surface area contributed by atoms with E-state index in [1.807, 2.05) is 36.4 Å². The van der Waals surface area contributed by atoms with Crippen LogP contribution in [0, 0.1) is 11.8 Å². The molecule has 3 rings (SSSR count). The van der Waals surface area contributed by atoms with Crippen LogP contribution >= 0.6 is 0 Å². The van der Waals surface area contributed by atoms with E-state index in [1.165, 1.54) is 5.56 Å². The Labute approximate surface area is 125 Å². The number of benzene rings is 1. The number of carbonyl (C=O) groups excluding carboxylic acids is 2. The lowest BCUT2D eigenvalue weighted by Gasteiger charge is -2.10. The molecule has 1 aromatic carbocycles. The van der Waals surface area contributed by atoms with E-state index in [4.69, 9.17) is 4.74 Å². The summed E-state index contributed by atoms with van der Waals surface area (Å²) < 4.78 is 5.27. The van der Waals surface area contributed by atoms with E-state index < -0.39 is 0 Å². The van der Waals surface area contributed by atoms with Crippen LogP contribution in [0.5, 0.6) is 0 Å². The Morgan fingerprint density at radius 1 is 1.24 bits per heavy atom. The monoisotopic (exact) mass is 284 g/mol. The summed E-state index contributed by atoms with van der Waals surface area (Å²) in [6.45, 7) is 0. The van der Waals surface area contributed by atoms with Gasteiger partial charge in [-0.2, -0.15) is 0 Å². The first-order valence-corrected chi connectivity index (χ1v) is 7.67. The Morgan fingerprint density at radius 2 is 2.05 bits per heavy atom. The molecule has 3 heteroatoms. The van der Waals surface area contributed by atoms with Gasteiger partial charge in [0, 0.05) is 12.3 Å². The minimum atomic E-state index is -0.0847. The van der Waals surface area contributed by atoms with Crippen molar-refractivity contribution in [1.29, 1.82) is 0 Å². The van der Waals surface area contributed by atoms with E-state index in [9.17, 15) is 9.59 Å². The lowest BCUT2D eigenvalue weighted by atomic mass is 9.92. The van der Waals surface area contributed by atoms with Crippen LogP contribution in [0.25, 0.3) is 0 Å². The number of rotatable bonds is 5. The van der Waals surface area contributed by atoms with Crippen LogP contribution in [-0.2, 0) is 20.7 Å². The second-order valence-electron chi connectivity index (χ2n) is 5.95. The molecule has 1 aliphatic heterocycles. The predicted octanol–water partition coefficient (Wildman–Crippen LogP) is 3.09. The smallest absolute Gasteiger partial charge is 0.306 e. The van der Waals surface area contributed by atoms with Crippen LogP contribution in [0.15, 0.2) is 42.5 Å². The van der Waals surface area contributed by atoms with Gasteiger partial charge in [-0.3, -0.25) is 9.59 Å². The molecule has 1 saturated carbocycles. The highest BCUT2D eigenvalue weighted by molar-refractivity contribution is 5.89. The highest BCUT2D eigenvalue weighted by Crippen LogP contribution is 2.41. The van der Waals surface area contributed by atoms with Crippen LogP contribution in [0.4, 0.5) is 0 Å². The molecule has 110 valence electrons. The van der Waals surface area contributed by atoms with Crippen molar-refractivity contribution in [2.75, 3.05) is 0 Å². The number of hydrogen-bond donors (Lipinski definition) is 0. The number of hydrogen-bond acceptors (Lipinski definition) is 3. The van der Waals surface area contributed by atoms with E-state index in [1.54, 1.807) is 6.08 Å². The summed E-state index contributed by atoms with van der Waals surface area (Å²) in [5, 5.41) is 0. The third-order valence-electron chi connectivity index (χ3n) is 4.53. The molecule has 0 spiro atoms. The molecule has 0 unspecified atom stereocenters. The van der Waals surface area contributed by atoms with Gasteiger partial charge < -0.3 is 4.74 Å². The molecule has 1 saturated heterocycles. The van der Waals surface area contributed by atoms with Gasteiger partial charge in [0.25, 0.3) is 0 Å². The first-order chi connectivity index (χ1) is 10.2. The number of fused-ring (bicyclic) bond motifs is 1. The Kier molecular flexibility index (Phi) is 4.18. The van der Waals surface area contributed by atoms with Gasteiger partial charge >= 0.3 is 5.97 Å². The molecular weight excluding hydrogens is 264 g/mol. The Balaban J connectivity index is 1.49. The number of carbonyl (C=O) groups is 2. The average Bonchev–Trinajstić information content (AvgIpc) is 3.03.